The molecule has 0 bridgehead atoms. The summed E-state index contributed by atoms with van der Waals surface area (Å²) in [5.74, 6) is -0.0738. The van der Waals surface area contributed by atoms with E-state index >= 15 is 0 Å². The van der Waals surface area contributed by atoms with Gasteiger partial charge >= 0.3 is 5.97 Å². The summed E-state index contributed by atoms with van der Waals surface area (Å²) in [4.78, 5) is 12.8. The fourth-order valence-corrected chi connectivity index (χ4v) is 2.09. The number of hydrogen-bond acceptors (Lipinski definition) is 4. The van der Waals surface area contributed by atoms with Crippen LogP contribution in [0.4, 0.5) is 0 Å². The number of rotatable bonds is 4. The Morgan fingerprint density at radius 2 is 2.41 bits per heavy atom. The van der Waals surface area contributed by atoms with Crippen molar-refractivity contribution in [2.75, 3.05) is 19.8 Å². The molecule has 1 aromatic rings. The zero-order chi connectivity index (χ0) is 12.3. The number of nitrogens with zero attached hydrogens (tertiary/aromatic N) is 1. The minimum atomic E-state index is -0.817. The van der Waals surface area contributed by atoms with Crippen molar-refractivity contribution in [2.45, 2.75) is 19.0 Å². The second-order valence-electron chi connectivity index (χ2n) is 4.00. The summed E-state index contributed by atoms with van der Waals surface area (Å²) in [6, 6.07) is 3.38. The summed E-state index contributed by atoms with van der Waals surface area (Å²) in [6.07, 6.45) is 0.0778. The van der Waals surface area contributed by atoms with E-state index < -0.39 is 5.97 Å². The monoisotopic (exact) mass is 259 g/mol. The van der Waals surface area contributed by atoms with Gasteiger partial charge in [-0.2, -0.15) is 0 Å². The van der Waals surface area contributed by atoms with Gasteiger partial charge in [0.25, 0.3) is 0 Å². The predicted molar refractivity (Wildman–Crippen MR) is 61.0 cm³/mol. The maximum Gasteiger partial charge on any atom is 0.305 e. The van der Waals surface area contributed by atoms with Crippen molar-refractivity contribution in [3.05, 3.63) is 23.1 Å². The molecule has 1 fully saturated rings. The van der Waals surface area contributed by atoms with Gasteiger partial charge in [0.15, 0.2) is 5.22 Å². The third kappa shape index (κ3) is 3.46. The molecule has 1 aliphatic rings. The number of ether oxygens (including phenoxy) is 1. The Balaban J connectivity index is 1.98. The van der Waals surface area contributed by atoms with Gasteiger partial charge in [-0.3, -0.25) is 9.69 Å². The van der Waals surface area contributed by atoms with Crippen molar-refractivity contribution < 1.29 is 19.1 Å². The molecule has 17 heavy (non-hydrogen) atoms. The Hall–Kier alpha value is -1.04. The summed E-state index contributed by atoms with van der Waals surface area (Å²) < 4.78 is 10.6. The van der Waals surface area contributed by atoms with Crippen molar-refractivity contribution in [1.82, 2.24) is 4.90 Å². The van der Waals surface area contributed by atoms with Crippen molar-refractivity contribution in [2.24, 2.45) is 0 Å². The van der Waals surface area contributed by atoms with Crippen LogP contribution in [-0.2, 0) is 16.1 Å². The first-order chi connectivity index (χ1) is 8.15. The van der Waals surface area contributed by atoms with Gasteiger partial charge in [0.05, 0.1) is 26.2 Å². The number of hydrogen-bond donors (Lipinski definition) is 1. The van der Waals surface area contributed by atoms with Crippen LogP contribution in [0, 0.1) is 0 Å². The van der Waals surface area contributed by atoms with E-state index in [2.05, 4.69) is 0 Å². The van der Waals surface area contributed by atoms with Crippen molar-refractivity contribution in [3.63, 3.8) is 0 Å². The lowest BCUT2D eigenvalue weighted by atomic mass is 10.1. The van der Waals surface area contributed by atoms with Gasteiger partial charge in [-0.15, -0.1) is 0 Å². The molecule has 1 aliphatic heterocycles. The van der Waals surface area contributed by atoms with Crippen LogP contribution in [0.3, 0.4) is 0 Å². The Bertz CT molecular complexity index is 393. The molecule has 1 atom stereocenters. The second kappa shape index (κ2) is 5.53. The molecule has 0 radical (unpaired) electrons. The van der Waals surface area contributed by atoms with Crippen LogP contribution in [0.15, 0.2) is 16.5 Å². The van der Waals surface area contributed by atoms with E-state index in [1.165, 1.54) is 0 Å². The average molecular weight is 260 g/mol. The molecule has 0 aliphatic carbocycles. The molecular formula is C11H14ClNO4. The van der Waals surface area contributed by atoms with E-state index in [1.807, 2.05) is 4.90 Å². The highest BCUT2D eigenvalue weighted by atomic mass is 35.5. The minimum absolute atomic E-state index is 0.0778. The summed E-state index contributed by atoms with van der Waals surface area (Å²) in [5.41, 5.74) is 0. The first-order valence-electron chi connectivity index (χ1n) is 5.43. The SMILES string of the molecule is O=C(O)C[C@H]1COCCN1Cc1ccc(Cl)o1. The number of halogens is 1. The van der Waals surface area contributed by atoms with Gasteiger partial charge < -0.3 is 14.3 Å². The predicted octanol–water partition coefficient (Wildman–Crippen LogP) is 1.61. The van der Waals surface area contributed by atoms with Gasteiger partial charge in [0.2, 0.25) is 0 Å². The fourth-order valence-electron chi connectivity index (χ4n) is 1.92. The zero-order valence-corrected chi connectivity index (χ0v) is 10.0. The topological polar surface area (TPSA) is 62.9 Å². The van der Waals surface area contributed by atoms with Crippen molar-refractivity contribution in [1.29, 1.82) is 0 Å². The third-order valence-corrected chi connectivity index (χ3v) is 2.95. The minimum Gasteiger partial charge on any atom is -0.481 e. The first kappa shape index (κ1) is 12.4. The van der Waals surface area contributed by atoms with Crippen LogP contribution < -0.4 is 0 Å². The van der Waals surface area contributed by atoms with Gasteiger partial charge in [-0.25, -0.2) is 0 Å². The molecule has 6 heteroatoms. The molecule has 0 saturated carbocycles. The molecule has 0 spiro atoms. The second-order valence-corrected chi connectivity index (χ2v) is 4.38. The molecule has 2 rings (SSSR count). The molecule has 0 aromatic carbocycles. The average Bonchev–Trinajstić information content (AvgIpc) is 2.66. The van der Waals surface area contributed by atoms with Crippen LogP contribution in [0.2, 0.25) is 5.22 Å². The maximum atomic E-state index is 10.7. The number of carboxylic acid groups (broad SMARTS) is 1. The number of carbonyl (C=O) groups is 1. The molecular weight excluding hydrogens is 246 g/mol. The molecule has 1 saturated heterocycles. The van der Waals surface area contributed by atoms with Crippen molar-refractivity contribution >= 4 is 17.6 Å². The summed E-state index contributed by atoms with van der Waals surface area (Å²) in [7, 11) is 0. The highest BCUT2D eigenvalue weighted by Gasteiger charge is 2.25. The van der Waals surface area contributed by atoms with E-state index in [4.69, 9.17) is 25.9 Å². The van der Waals surface area contributed by atoms with Gasteiger partial charge in [0, 0.05) is 12.6 Å². The largest absolute Gasteiger partial charge is 0.481 e. The van der Waals surface area contributed by atoms with Crippen molar-refractivity contribution in [3.8, 4) is 0 Å². The van der Waals surface area contributed by atoms with E-state index in [1.54, 1.807) is 12.1 Å². The smallest absolute Gasteiger partial charge is 0.305 e. The van der Waals surface area contributed by atoms with Crippen LogP contribution in [0.5, 0.6) is 0 Å². The summed E-state index contributed by atoms with van der Waals surface area (Å²) in [6.45, 7) is 2.33. The van der Waals surface area contributed by atoms with Gasteiger partial charge in [0.1, 0.15) is 5.76 Å². The van der Waals surface area contributed by atoms with E-state index in [-0.39, 0.29) is 12.5 Å². The maximum absolute atomic E-state index is 10.7. The quantitative estimate of drug-likeness (QED) is 0.890. The summed E-state index contributed by atoms with van der Waals surface area (Å²) in [5, 5.41) is 9.18. The molecule has 1 aromatic heterocycles. The molecule has 0 unspecified atom stereocenters. The number of aliphatic carboxylic acids is 1. The first-order valence-corrected chi connectivity index (χ1v) is 5.81. The van der Waals surface area contributed by atoms with Crippen LogP contribution in [0.1, 0.15) is 12.2 Å². The van der Waals surface area contributed by atoms with Crippen LogP contribution in [0.25, 0.3) is 0 Å². The lowest BCUT2D eigenvalue weighted by Crippen LogP contribution is -2.45. The van der Waals surface area contributed by atoms with E-state index in [9.17, 15) is 4.79 Å². The lowest BCUT2D eigenvalue weighted by Gasteiger charge is -2.34. The molecule has 5 nitrogen and oxygen atoms in total. The molecule has 2 heterocycles. The van der Waals surface area contributed by atoms with E-state index in [0.29, 0.717) is 31.5 Å². The third-order valence-electron chi connectivity index (χ3n) is 2.75. The number of carboxylic acids is 1. The van der Waals surface area contributed by atoms with Gasteiger partial charge in [-0.05, 0) is 23.7 Å². The Morgan fingerprint density at radius 3 is 3.06 bits per heavy atom. The molecule has 0 amide bonds. The molecule has 94 valence electrons. The Kier molecular flexibility index (Phi) is 4.04. The fraction of sp³-hybridized carbons (Fsp3) is 0.545. The van der Waals surface area contributed by atoms with Crippen LogP contribution >= 0.6 is 11.6 Å². The summed E-state index contributed by atoms with van der Waals surface area (Å²) >= 11 is 5.69. The van der Waals surface area contributed by atoms with Gasteiger partial charge in [-0.1, -0.05) is 0 Å². The van der Waals surface area contributed by atoms with E-state index in [0.717, 1.165) is 5.76 Å². The van der Waals surface area contributed by atoms with Crippen LogP contribution in [-0.4, -0.2) is 41.8 Å². The highest BCUT2D eigenvalue weighted by molar-refractivity contribution is 6.28. The normalized spacial score (nSPS) is 21.6. The number of morpholine rings is 1. The Morgan fingerprint density at radius 1 is 1.59 bits per heavy atom. The highest BCUT2D eigenvalue weighted by Crippen LogP contribution is 2.18. The molecule has 1 N–H and O–H groups in total. The zero-order valence-electron chi connectivity index (χ0n) is 9.26. The lowest BCUT2D eigenvalue weighted by molar-refractivity contribution is -0.140. The number of furan rings is 1. The standard InChI is InChI=1S/C11H14ClNO4/c12-10-2-1-9(17-10)6-13-3-4-16-7-8(13)5-11(14)15/h1-2,8H,3-7H2,(H,14,15)/t8-/m0/s1. The Labute approximate surface area is 104 Å².